The highest BCUT2D eigenvalue weighted by molar-refractivity contribution is 5.91. The summed E-state index contributed by atoms with van der Waals surface area (Å²) in [5.41, 5.74) is 2.46. The van der Waals surface area contributed by atoms with Crippen molar-refractivity contribution in [2.75, 3.05) is 5.32 Å². The average Bonchev–Trinajstić information content (AvgIpc) is 3.15. The highest BCUT2D eigenvalue weighted by atomic mass is 19.1. The number of aromatic amines is 1. The standard InChI is InChI=1S/C18H15FN4O/c19-13-6-5-12-7-9-23(16(12)11-13)10-8-17(24)22-18-20-14-3-1-2-4-15(14)21-18/h1-7,9,11H,8,10H2,(H2,20,21,22,24). The zero-order valence-corrected chi connectivity index (χ0v) is 12.8. The first-order valence-corrected chi connectivity index (χ1v) is 7.68. The number of halogens is 1. The molecule has 0 spiro atoms. The van der Waals surface area contributed by atoms with Gasteiger partial charge in [0.25, 0.3) is 0 Å². The number of aromatic nitrogens is 3. The molecule has 0 aliphatic carbocycles. The summed E-state index contributed by atoms with van der Waals surface area (Å²) in [6.07, 6.45) is 2.13. The number of aryl methyl sites for hydroxylation is 1. The number of H-pyrrole nitrogens is 1. The van der Waals surface area contributed by atoms with Gasteiger partial charge in [0.1, 0.15) is 5.82 Å². The Morgan fingerprint density at radius 3 is 2.96 bits per heavy atom. The molecule has 0 unspecified atom stereocenters. The summed E-state index contributed by atoms with van der Waals surface area (Å²) in [4.78, 5) is 19.5. The van der Waals surface area contributed by atoms with E-state index in [0.29, 0.717) is 12.5 Å². The van der Waals surface area contributed by atoms with E-state index in [0.717, 1.165) is 21.9 Å². The van der Waals surface area contributed by atoms with Gasteiger partial charge in [-0.1, -0.05) is 12.1 Å². The SMILES string of the molecule is O=C(CCn1ccc2ccc(F)cc21)Nc1nc2ccccc2[nH]1. The number of fused-ring (bicyclic) bond motifs is 2. The third-order valence-electron chi connectivity index (χ3n) is 3.96. The number of imidazole rings is 1. The Morgan fingerprint density at radius 2 is 2.08 bits per heavy atom. The van der Waals surface area contributed by atoms with Crippen molar-refractivity contribution in [1.82, 2.24) is 14.5 Å². The Hall–Kier alpha value is -3.15. The molecule has 0 saturated heterocycles. The van der Waals surface area contributed by atoms with Crippen LogP contribution in [0.3, 0.4) is 0 Å². The fourth-order valence-corrected chi connectivity index (χ4v) is 2.78. The van der Waals surface area contributed by atoms with Gasteiger partial charge in [-0.25, -0.2) is 9.37 Å². The molecule has 6 heteroatoms. The summed E-state index contributed by atoms with van der Waals surface area (Å²) in [7, 11) is 0. The average molecular weight is 322 g/mol. The molecule has 2 aromatic heterocycles. The summed E-state index contributed by atoms with van der Waals surface area (Å²) in [5.74, 6) is 0.00564. The molecular formula is C18H15FN4O. The van der Waals surface area contributed by atoms with Gasteiger partial charge in [-0.3, -0.25) is 10.1 Å². The largest absolute Gasteiger partial charge is 0.347 e. The van der Waals surface area contributed by atoms with E-state index in [1.165, 1.54) is 12.1 Å². The number of benzene rings is 2. The number of anilines is 1. The van der Waals surface area contributed by atoms with Crippen molar-refractivity contribution in [1.29, 1.82) is 0 Å². The van der Waals surface area contributed by atoms with Gasteiger partial charge < -0.3 is 9.55 Å². The minimum Gasteiger partial charge on any atom is -0.347 e. The molecule has 5 nitrogen and oxygen atoms in total. The fraction of sp³-hybridized carbons (Fsp3) is 0.111. The first-order chi connectivity index (χ1) is 11.7. The van der Waals surface area contributed by atoms with E-state index >= 15 is 0 Å². The smallest absolute Gasteiger partial charge is 0.228 e. The molecule has 2 N–H and O–H groups in total. The van der Waals surface area contributed by atoms with Crippen LogP contribution in [0.4, 0.5) is 10.3 Å². The maximum atomic E-state index is 13.4. The second kappa shape index (κ2) is 5.81. The highest BCUT2D eigenvalue weighted by Crippen LogP contribution is 2.18. The van der Waals surface area contributed by atoms with Crippen molar-refractivity contribution < 1.29 is 9.18 Å². The maximum Gasteiger partial charge on any atom is 0.228 e. The van der Waals surface area contributed by atoms with Gasteiger partial charge in [-0.05, 0) is 41.8 Å². The molecule has 0 bridgehead atoms. The fourth-order valence-electron chi connectivity index (χ4n) is 2.78. The number of nitrogens with one attached hydrogen (secondary N) is 2. The van der Waals surface area contributed by atoms with Gasteiger partial charge in [0.2, 0.25) is 11.9 Å². The lowest BCUT2D eigenvalue weighted by molar-refractivity contribution is -0.116. The van der Waals surface area contributed by atoms with Gasteiger partial charge in [0.05, 0.1) is 16.6 Å². The highest BCUT2D eigenvalue weighted by Gasteiger charge is 2.08. The minimum absolute atomic E-state index is 0.146. The number of carbonyl (C=O) groups excluding carboxylic acids is 1. The quantitative estimate of drug-likeness (QED) is 0.602. The number of carbonyl (C=O) groups is 1. The summed E-state index contributed by atoms with van der Waals surface area (Å²) in [6.45, 7) is 0.471. The number of hydrogen-bond acceptors (Lipinski definition) is 2. The third kappa shape index (κ3) is 2.74. The molecule has 0 aliphatic heterocycles. The zero-order valence-electron chi connectivity index (χ0n) is 12.8. The van der Waals surface area contributed by atoms with Gasteiger partial charge in [0, 0.05) is 19.2 Å². The summed E-state index contributed by atoms with van der Waals surface area (Å²) in [6, 6.07) is 14.1. The van der Waals surface area contributed by atoms with E-state index < -0.39 is 0 Å². The number of amides is 1. The van der Waals surface area contributed by atoms with Crippen LogP contribution in [0, 0.1) is 5.82 Å². The van der Waals surface area contributed by atoms with E-state index in [9.17, 15) is 9.18 Å². The lowest BCUT2D eigenvalue weighted by atomic mass is 10.2. The van der Waals surface area contributed by atoms with Crippen LogP contribution in [0.25, 0.3) is 21.9 Å². The Bertz CT molecular complexity index is 1000. The van der Waals surface area contributed by atoms with E-state index in [2.05, 4.69) is 15.3 Å². The summed E-state index contributed by atoms with van der Waals surface area (Å²) >= 11 is 0. The lowest BCUT2D eigenvalue weighted by Gasteiger charge is -2.05. The van der Waals surface area contributed by atoms with Crippen LogP contribution in [-0.4, -0.2) is 20.4 Å². The van der Waals surface area contributed by atoms with Crippen molar-refractivity contribution >= 4 is 33.8 Å². The monoisotopic (exact) mass is 322 g/mol. The molecule has 0 saturated carbocycles. The van der Waals surface area contributed by atoms with E-state index in [-0.39, 0.29) is 18.1 Å². The van der Waals surface area contributed by atoms with Crippen LogP contribution in [0.5, 0.6) is 0 Å². The normalized spacial score (nSPS) is 11.2. The van der Waals surface area contributed by atoms with Crippen LogP contribution < -0.4 is 5.32 Å². The lowest BCUT2D eigenvalue weighted by Crippen LogP contribution is -2.15. The van der Waals surface area contributed by atoms with E-state index in [1.807, 2.05) is 41.1 Å². The molecule has 120 valence electrons. The molecule has 2 aromatic carbocycles. The molecule has 1 amide bonds. The van der Waals surface area contributed by atoms with Gasteiger partial charge >= 0.3 is 0 Å². The summed E-state index contributed by atoms with van der Waals surface area (Å²) < 4.78 is 15.2. The van der Waals surface area contributed by atoms with Crippen molar-refractivity contribution in [3.63, 3.8) is 0 Å². The number of para-hydroxylation sites is 2. The second-order valence-corrected chi connectivity index (χ2v) is 5.61. The first kappa shape index (κ1) is 14.4. The zero-order chi connectivity index (χ0) is 16.5. The minimum atomic E-state index is -0.283. The van der Waals surface area contributed by atoms with Crippen molar-refractivity contribution in [3.8, 4) is 0 Å². The molecule has 0 radical (unpaired) electrons. The van der Waals surface area contributed by atoms with E-state index in [1.54, 1.807) is 6.07 Å². The molecular weight excluding hydrogens is 307 g/mol. The van der Waals surface area contributed by atoms with Crippen molar-refractivity contribution in [2.45, 2.75) is 13.0 Å². The molecule has 4 rings (SSSR count). The van der Waals surface area contributed by atoms with Crippen LogP contribution in [0.2, 0.25) is 0 Å². The second-order valence-electron chi connectivity index (χ2n) is 5.61. The molecule has 0 aliphatic rings. The third-order valence-corrected chi connectivity index (χ3v) is 3.96. The number of nitrogens with zero attached hydrogens (tertiary/aromatic N) is 2. The molecule has 2 heterocycles. The molecule has 24 heavy (non-hydrogen) atoms. The topological polar surface area (TPSA) is 62.7 Å². The Morgan fingerprint density at radius 1 is 1.21 bits per heavy atom. The van der Waals surface area contributed by atoms with Gasteiger partial charge in [-0.2, -0.15) is 0 Å². The van der Waals surface area contributed by atoms with Crippen molar-refractivity contribution in [2.24, 2.45) is 0 Å². The predicted octanol–water partition coefficient (Wildman–Crippen LogP) is 3.69. The van der Waals surface area contributed by atoms with Crippen LogP contribution in [0.15, 0.2) is 54.7 Å². The van der Waals surface area contributed by atoms with Crippen LogP contribution in [0.1, 0.15) is 6.42 Å². The van der Waals surface area contributed by atoms with Gasteiger partial charge in [0.15, 0.2) is 0 Å². The molecule has 4 aromatic rings. The van der Waals surface area contributed by atoms with Gasteiger partial charge in [-0.15, -0.1) is 0 Å². The van der Waals surface area contributed by atoms with Crippen molar-refractivity contribution in [3.05, 3.63) is 60.5 Å². The predicted molar refractivity (Wildman–Crippen MR) is 91.2 cm³/mol. The number of hydrogen-bond donors (Lipinski definition) is 2. The molecule has 0 fully saturated rings. The maximum absolute atomic E-state index is 13.4. The Balaban J connectivity index is 1.45. The van der Waals surface area contributed by atoms with Crippen LogP contribution >= 0.6 is 0 Å². The van der Waals surface area contributed by atoms with E-state index in [4.69, 9.17) is 0 Å². The van der Waals surface area contributed by atoms with Crippen LogP contribution in [-0.2, 0) is 11.3 Å². The Labute approximate surface area is 137 Å². The Kier molecular flexibility index (Phi) is 3.49. The first-order valence-electron chi connectivity index (χ1n) is 7.68. The summed E-state index contributed by atoms with van der Waals surface area (Å²) in [5, 5.41) is 3.71. The molecule has 0 atom stereocenters. The number of rotatable bonds is 4.